The first-order valence-corrected chi connectivity index (χ1v) is 5.69. The quantitative estimate of drug-likeness (QED) is 0.792. The molecule has 0 bridgehead atoms. The molecule has 0 atom stereocenters. The van der Waals surface area contributed by atoms with Crippen LogP contribution in [0.3, 0.4) is 0 Å². The Kier molecular flexibility index (Phi) is 3.65. The number of rotatable bonds is 5. The summed E-state index contributed by atoms with van der Waals surface area (Å²) in [5.74, 6) is 1.06. The topological polar surface area (TPSA) is 56.0 Å². The first kappa shape index (κ1) is 11.5. The molecule has 1 heterocycles. The van der Waals surface area contributed by atoms with Crippen LogP contribution in [0.1, 0.15) is 25.7 Å². The Morgan fingerprint density at radius 3 is 2.76 bits per heavy atom. The number of hydrogen-bond donors (Lipinski definition) is 0. The van der Waals surface area contributed by atoms with E-state index >= 15 is 0 Å². The molecular weight excluding hydrogens is 216 g/mol. The van der Waals surface area contributed by atoms with E-state index in [4.69, 9.17) is 4.52 Å². The van der Waals surface area contributed by atoms with Gasteiger partial charge in [-0.15, -0.1) is 0 Å². The number of hydrogen-bond acceptors (Lipinski definition) is 4. The minimum Gasteiger partial charge on any atom is -0.339 e. The third-order valence-corrected chi connectivity index (χ3v) is 2.38. The zero-order valence-corrected chi connectivity index (χ0v) is 9.72. The van der Waals surface area contributed by atoms with Crippen molar-refractivity contribution in [2.24, 2.45) is 0 Å². The first-order valence-electron chi connectivity index (χ1n) is 5.69. The summed E-state index contributed by atoms with van der Waals surface area (Å²) in [5.41, 5.74) is 0.894. The summed E-state index contributed by atoms with van der Waals surface area (Å²) in [7, 11) is 0. The number of benzene rings is 1. The van der Waals surface area contributed by atoms with Crippen molar-refractivity contribution in [2.45, 2.75) is 26.2 Å². The Morgan fingerprint density at radius 2 is 2.06 bits per heavy atom. The molecule has 0 saturated carbocycles. The van der Waals surface area contributed by atoms with Gasteiger partial charge in [0.25, 0.3) is 0 Å². The van der Waals surface area contributed by atoms with Gasteiger partial charge in [0, 0.05) is 12.0 Å². The van der Waals surface area contributed by atoms with Gasteiger partial charge in [0.05, 0.1) is 6.42 Å². The zero-order valence-electron chi connectivity index (χ0n) is 9.72. The van der Waals surface area contributed by atoms with Crippen LogP contribution in [0.25, 0.3) is 11.4 Å². The third kappa shape index (κ3) is 3.00. The molecule has 0 amide bonds. The van der Waals surface area contributed by atoms with Gasteiger partial charge in [0.1, 0.15) is 5.78 Å². The molecule has 2 rings (SSSR count). The SMILES string of the molecule is CCCC(=O)Cc1nc(-c2ccccc2)no1. The van der Waals surface area contributed by atoms with Crippen LogP contribution in [-0.4, -0.2) is 15.9 Å². The van der Waals surface area contributed by atoms with Crippen molar-refractivity contribution in [1.29, 1.82) is 0 Å². The summed E-state index contributed by atoms with van der Waals surface area (Å²) in [6, 6.07) is 9.56. The lowest BCUT2D eigenvalue weighted by Crippen LogP contribution is -2.01. The van der Waals surface area contributed by atoms with E-state index in [0.29, 0.717) is 18.1 Å². The summed E-state index contributed by atoms with van der Waals surface area (Å²) < 4.78 is 5.05. The van der Waals surface area contributed by atoms with Crippen molar-refractivity contribution < 1.29 is 9.32 Å². The minimum absolute atomic E-state index is 0.135. The second-order valence-corrected chi connectivity index (χ2v) is 3.84. The number of nitrogens with zero attached hydrogens (tertiary/aromatic N) is 2. The van der Waals surface area contributed by atoms with Gasteiger partial charge in [0.2, 0.25) is 11.7 Å². The molecular formula is C13H14N2O2. The van der Waals surface area contributed by atoms with Gasteiger partial charge in [-0.25, -0.2) is 0 Å². The Morgan fingerprint density at radius 1 is 1.29 bits per heavy atom. The van der Waals surface area contributed by atoms with Gasteiger partial charge in [-0.1, -0.05) is 42.4 Å². The van der Waals surface area contributed by atoms with Gasteiger partial charge in [-0.2, -0.15) is 4.98 Å². The predicted molar refractivity (Wildman–Crippen MR) is 63.4 cm³/mol. The largest absolute Gasteiger partial charge is 0.339 e. The van der Waals surface area contributed by atoms with Gasteiger partial charge in [-0.3, -0.25) is 4.79 Å². The second kappa shape index (κ2) is 5.39. The molecule has 0 unspecified atom stereocenters. The molecule has 0 saturated heterocycles. The monoisotopic (exact) mass is 230 g/mol. The predicted octanol–water partition coefficient (Wildman–Crippen LogP) is 2.65. The highest BCUT2D eigenvalue weighted by Gasteiger charge is 2.11. The number of aromatic nitrogens is 2. The molecule has 1 aromatic carbocycles. The number of Topliss-reactive ketones (excluding diaryl/α,β-unsaturated/α-hetero) is 1. The standard InChI is InChI=1S/C13H14N2O2/c1-2-6-11(16)9-12-14-13(15-17-12)10-7-4-3-5-8-10/h3-5,7-8H,2,6,9H2,1H3. The molecule has 88 valence electrons. The minimum atomic E-state index is 0.135. The molecule has 4 nitrogen and oxygen atoms in total. The van der Waals surface area contributed by atoms with E-state index in [-0.39, 0.29) is 12.2 Å². The molecule has 4 heteroatoms. The van der Waals surface area contributed by atoms with Crippen molar-refractivity contribution in [3.8, 4) is 11.4 Å². The Bertz CT molecular complexity index is 491. The van der Waals surface area contributed by atoms with E-state index in [1.165, 1.54) is 0 Å². The maximum atomic E-state index is 11.4. The fourth-order valence-electron chi connectivity index (χ4n) is 1.57. The van der Waals surface area contributed by atoms with Crippen LogP contribution in [0.15, 0.2) is 34.9 Å². The summed E-state index contributed by atoms with van der Waals surface area (Å²) >= 11 is 0. The van der Waals surface area contributed by atoms with E-state index in [0.717, 1.165) is 12.0 Å². The van der Waals surface area contributed by atoms with Gasteiger partial charge >= 0.3 is 0 Å². The van der Waals surface area contributed by atoms with Crippen molar-refractivity contribution in [1.82, 2.24) is 10.1 Å². The highest BCUT2D eigenvalue weighted by molar-refractivity contribution is 5.79. The Labute approximate surface area is 99.7 Å². The Hall–Kier alpha value is -1.97. The molecule has 0 spiro atoms. The lowest BCUT2D eigenvalue weighted by atomic mass is 10.2. The first-order chi connectivity index (χ1) is 8.29. The number of carbonyl (C=O) groups excluding carboxylic acids is 1. The highest BCUT2D eigenvalue weighted by atomic mass is 16.5. The van der Waals surface area contributed by atoms with Crippen LogP contribution in [0, 0.1) is 0 Å². The van der Waals surface area contributed by atoms with Crippen molar-refractivity contribution in [3.05, 3.63) is 36.2 Å². The molecule has 2 aromatic rings. The molecule has 1 aromatic heterocycles. The smallest absolute Gasteiger partial charge is 0.234 e. The van der Waals surface area contributed by atoms with E-state index in [9.17, 15) is 4.79 Å². The lowest BCUT2D eigenvalue weighted by molar-refractivity contribution is -0.118. The second-order valence-electron chi connectivity index (χ2n) is 3.84. The van der Waals surface area contributed by atoms with E-state index in [1.54, 1.807) is 0 Å². The summed E-state index contributed by atoms with van der Waals surface area (Å²) in [5, 5.41) is 3.86. The maximum absolute atomic E-state index is 11.4. The zero-order chi connectivity index (χ0) is 12.1. The molecule has 0 aliphatic heterocycles. The Balaban J connectivity index is 2.09. The summed E-state index contributed by atoms with van der Waals surface area (Å²) in [4.78, 5) is 15.6. The average Bonchev–Trinajstić information content (AvgIpc) is 2.79. The van der Waals surface area contributed by atoms with Crippen molar-refractivity contribution in [2.75, 3.05) is 0 Å². The fourth-order valence-corrected chi connectivity index (χ4v) is 1.57. The van der Waals surface area contributed by atoms with Gasteiger partial charge in [0.15, 0.2) is 0 Å². The van der Waals surface area contributed by atoms with Crippen LogP contribution in [0.5, 0.6) is 0 Å². The van der Waals surface area contributed by atoms with Gasteiger partial charge < -0.3 is 4.52 Å². The van der Waals surface area contributed by atoms with Crippen LogP contribution in [-0.2, 0) is 11.2 Å². The van der Waals surface area contributed by atoms with E-state index < -0.39 is 0 Å². The van der Waals surface area contributed by atoms with Crippen molar-refractivity contribution >= 4 is 5.78 Å². The van der Waals surface area contributed by atoms with Crippen LogP contribution in [0.4, 0.5) is 0 Å². The molecule has 17 heavy (non-hydrogen) atoms. The van der Waals surface area contributed by atoms with Crippen LogP contribution >= 0.6 is 0 Å². The fraction of sp³-hybridized carbons (Fsp3) is 0.308. The molecule has 0 aliphatic rings. The van der Waals surface area contributed by atoms with Crippen LogP contribution in [0.2, 0.25) is 0 Å². The summed E-state index contributed by atoms with van der Waals surface area (Å²) in [6.45, 7) is 1.97. The number of ketones is 1. The van der Waals surface area contributed by atoms with E-state index in [1.807, 2.05) is 37.3 Å². The van der Waals surface area contributed by atoms with E-state index in [2.05, 4.69) is 10.1 Å². The molecule has 0 fully saturated rings. The summed E-state index contributed by atoms with van der Waals surface area (Å²) in [6.07, 6.45) is 1.63. The third-order valence-electron chi connectivity index (χ3n) is 2.38. The molecule has 0 radical (unpaired) electrons. The average molecular weight is 230 g/mol. The number of carbonyl (C=O) groups is 1. The van der Waals surface area contributed by atoms with Crippen molar-refractivity contribution in [3.63, 3.8) is 0 Å². The maximum Gasteiger partial charge on any atom is 0.234 e. The highest BCUT2D eigenvalue weighted by Crippen LogP contribution is 2.15. The lowest BCUT2D eigenvalue weighted by Gasteiger charge is -1.92. The van der Waals surface area contributed by atoms with Crippen LogP contribution < -0.4 is 0 Å². The van der Waals surface area contributed by atoms with Gasteiger partial charge in [-0.05, 0) is 6.42 Å². The molecule has 0 N–H and O–H groups in total. The normalized spacial score (nSPS) is 10.4. The molecule has 0 aliphatic carbocycles.